The Kier molecular flexibility index (Phi) is 6.59. The Morgan fingerprint density at radius 3 is 2.57 bits per heavy atom. The van der Waals surface area contributed by atoms with Crippen LogP contribution in [0.2, 0.25) is 0 Å². The van der Waals surface area contributed by atoms with Crippen LogP contribution in [0.5, 0.6) is 0 Å². The third-order valence-electron chi connectivity index (χ3n) is 7.50. The molecule has 0 radical (unpaired) electrons. The average Bonchev–Trinajstić information content (AvgIpc) is 3.31. The van der Waals surface area contributed by atoms with Gasteiger partial charge in [0.05, 0.1) is 24.2 Å². The molecule has 0 unspecified atom stereocenters. The average molecular weight is 479 g/mol. The first-order valence-electron chi connectivity index (χ1n) is 12.6. The summed E-state index contributed by atoms with van der Waals surface area (Å²) in [5.74, 6) is 0.492. The second-order valence-corrected chi connectivity index (χ2v) is 10.5. The number of aryl methyl sites for hydroxylation is 1. The minimum atomic E-state index is -0.181. The lowest BCUT2D eigenvalue weighted by molar-refractivity contribution is -0.0261. The van der Waals surface area contributed by atoms with Gasteiger partial charge in [0.15, 0.2) is 0 Å². The van der Waals surface area contributed by atoms with Crippen LogP contribution in [-0.4, -0.2) is 69.1 Å². The van der Waals surface area contributed by atoms with Gasteiger partial charge in [-0.15, -0.1) is 0 Å². The summed E-state index contributed by atoms with van der Waals surface area (Å²) in [5, 5.41) is 13.6. The lowest BCUT2D eigenvalue weighted by atomic mass is 9.72. The molecule has 0 atom stereocenters. The number of rotatable bonds is 7. The van der Waals surface area contributed by atoms with Gasteiger partial charge in [0.25, 0.3) is 0 Å². The number of nitrogens with zero attached hydrogens (tertiary/aromatic N) is 6. The first-order chi connectivity index (χ1) is 16.9. The molecule has 7 nitrogen and oxygen atoms in total. The van der Waals surface area contributed by atoms with Gasteiger partial charge in [-0.05, 0) is 62.3 Å². The van der Waals surface area contributed by atoms with Gasteiger partial charge in [0.1, 0.15) is 11.6 Å². The SMILES string of the molecule is Cc1cnc(Cc2ccc(N3CCC4(CC3)CN(CCO)C4)c(F)c2)nc1-c1cnn(C(C)C)c1. The van der Waals surface area contributed by atoms with Crippen LogP contribution in [-0.2, 0) is 6.42 Å². The molecule has 5 rings (SSSR count). The Hall–Kier alpha value is -2.84. The van der Waals surface area contributed by atoms with E-state index in [1.54, 1.807) is 6.07 Å². The van der Waals surface area contributed by atoms with Crippen molar-refractivity contribution in [2.75, 3.05) is 44.2 Å². The van der Waals surface area contributed by atoms with Crippen LogP contribution in [0.25, 0.3) is 11.3 Å². The molecule has 4 heterocycles. The van der Waals surface area contributed by atoms with E-state index in [1.165, 1.54) is 0 Å². The molecule has 3 aromatic rings. The number of likely N-dealkylation sites (tertiary alicyclic amines) is 1. The molecule has 0 saturated carbocycles. The molecule has 2 saturated heterocycles. The quantitative estimate of drug-likeness (QED) is 0.556. The molecule has 1 spiro atoms. The van der Waals surface area contributed by atoms with Crippen molar-refractivity contribution in [3.8, 4) is 11.3 Å². The van der Waals surface area contributed by atoms with Crippen molar-refractivity contribution in [3.63, 3.8) is 0 Å². The fraction of sp³-hybridized carbons (Fsp3) is 0.519. The van der Waals surface area contributed by atoms with Gasteiger partial charge in [-0.3, -0.25) is 9.58 Å². The zero-order chi connectivity index (χ0) is 24.6. The molecule has 2 aliphatic rings. The molecule has 0 bridgehead atoms. The van der Waals surface area contributed by atoms with Crippen molar-refractivity contribution in [1.29, 1.82) is 0 Å². The first kappa shape index (κ1) is 23.9. The highest BCUT2D eigenvalue weighted by Gasteiger charge is 2.44. The molecule has 2 aromatic heterocycles. The van der Waals surface area contributed by atoms with Gasteiger partial charge in [0, 0.05) is 63.1 Å². The summed E-state index contributed by atoms with van der Waals surface area (Å²) in [7, 11) is 0. The van der Waals surface area contributed by atoms with Crippen LogP contribution in [0, 0.1) is 18.2 Å². The fourth-order valence-electron chi connectivity index (χ4n) is 5.44. The number of aliphatic hydroxyl groups is 1. The number of hydrogen-bond acceptors (Lipinski definition) is 6. The molecule has 2 fully saturated rings. The predicted octanol–water partition coefficient (Wildman–Crippen LogP) is 3.85. The lowest BCUT2D eigenvalue weighted by Gasteiger charge is -2.54. The van der Waals surface area contributed by atoms with E-state index in [9.17, 15) is 0 Å². The minimum Gasteiger partial charge on any atom is -0.395 e. The Balaban J connectivity index is 1.25. The smallest absolute Gasteiger partial charge is 0.146 e. The molecule has 1 aromatic carbocycles. The highest BCUT2D eigenvalue weighted by molar-refractivity contribution is 5.60. The van der Waals surface area contributed by atoms with Crippen molar-refractivity contribution >= 4 is 5.69 Å². The van der Waals surface area contributed by atoms with Crippen LogP contribution < -0.4 is 4.90 Å². The summed E-state index contributed by atoms with van der Waals surface area (Å²) in [5.41, 5.74) is 4.74. The molecule has 2 aliphatic heterocycles. The zero-order valence-electron chi connectivity index (χ0n) is 20.9. The second-order valence-electron chi connectivity index (χ2n) is 10.5. The number of β-amino-alcohol motifs (C(OH)–C–C–N with tert-alkyl or cyclic N) is 1. The molecular weight excluding hydrogens is 443 g/mol. The van der Waals surface area contributed by atoms with Gasteiger partial charge in [-0.2, -0.15) is 5.10 Å². The van der Waals surface area contributed by atoms with E-state index in [1.807, 2.05) is 42.3 Å². The largest absolute Gasteiger partial charge is 0.395 e. The highest BCUT2D eigenvalue weighted by atomic mass is 19.1. The summed E-state index contributed by atoms with van der Waals surface area (Å²) < 4.78 is 17.1. The third kappa shape index (κ3) is 4.95. The summed E-state index contributed by atoms with van der Waals surface area (Å²) in [6.07, 6.45) is 8.30. The van der Waals surface area contributed by atoms with Gasteiger partial charge >= 0.3 is 0 Å². The number of piperidine rings is 1. The summed E-state index contributed by atoms with van der Waals surface area (Å²) >= 11 is 0. The molecule has 0 amide bonds. The Bertz CT molecular complexity index is 1180. The van der Waals surface area contributed by atoms with Crippen LogP contribution in [0.1, 0.15) is 49.7 Å². The molecule has 8 heteroatoms. The maximum absolute atomic E-state index is 15.1. The van der Waals surface area contributed by atoms with Crippen molar-refractivity contribution in [1.82, 2.24) is 24.6 Å². The second kappa shape index (κ2) is 9.66. The van der Waals surface area contributed by atoms with Crippen molar-refractivity contribution in [2.24, 2.45) is 5.41 Å². The van der Waals surface area contributed by atoms with E-state index in [4.69, 9.17) is 10.1 Å². The molecule has 186 valence electrons. The summed E-state index contributed by atoms with van der Waals surface area (Å²) in [6.45, 7) is 11.0. The Labute approximate surface area is 206 Å². The topological polar surface area (TPSA) is 70.3 Å². The number of benzene rings is 1. The normalized spacial score (nSPS) is 17.8. The van der Waals surface area contributed by atoms with Crippen molar-refractivity contribution in [3.05, 3.63) is 59.6 Å². The summed E-state index contributed by atoms with van der Waals surface area (Å²) in [4.78, 5) is 13.8. The van der Waals surface area contributed by atoms with Crippen LogP contribution in [0.15, 0.2) is 36.8 Å². The molecule has 1 N–H and O–H groups in total. The van der Waals surface area contributed by atoms with Crippen LogP contribution in [0.4, 0.5) is 10.1 Å². The van der Waals surface area contributed by atoms with Crippen LogP contribution >= 0.6 is 0 Å². The van der Waals surface area contributed by atoms with Gasteiger partial charge < -0.3 is 10.0 Å². The van der Waals surface area contributed by atoms with E-state index < -0.39 is 0 Å². The number of aliphatic hydroxyl groups excluding tert-OH is 1. The Morgan fingerprint density at radius 1 is 1.14 bits per heavy atom. The standard InChI is InChI=1S/C27H35FN6O/c1-19(2)34-16-22(15-30-34)26-20(3)14-29-25(31-26)13-21-4-5-24(23(28)12-21)33-8-6-27(7-9-33)17-32(18-27)10-11-35/h4-5,12,14-16,19,35H,6-11,13,17-18H2,1-3H3. The first-order valence-corrected chi connectivity index (χ1v) is 12.6. The number of aromatic nitrogens is 4. The number of anilines is 1. The fourth-order valence-corrected chi connectivity index (χ4v) is 5.44. The molecular formula is C27H35FN6O. The number of halogens is 1. The van der Waals surface area contributed by atoms with Crippen LogP contribution in [0.3, 0.4) is 0 Å². The maximum atomic E-state index is 15.1. The Morgan fingerprint density at radius 2 is 1.91 bits per heavy atom. The predicted molar refractivity (Wildman–Crippen MR) is 135 cm³/mol. The maximum Gasteiger partial charge on any atom is 0.146 e. The monoisotopic (exact) mass is 478 g/mol. The number of hydrogen-bond donors (Lipinski definition) is 1. The van der Waals surface area contributed by atoms with E-state index in [0.29, 0.717) is 23.3 Å². The highest BCUT2D eigenvalue weighted by Crippen LogP contribution is 2.41. The minimum absolute atomic E-state index is 0.181. The molecule has 0 aliphatic carbocycles. The van der Waals surface area contributed by atoms with E-state index in [2.05, 4.69) is 33.7 Å². The summed E-state index contributed by atoms with van der Waals surface area (Å²) in [6, 6.07) is 5.82. The van der Waals surface area contributed by atoms with Crippen molar-refractivity contribution < 1.29 is 9.50 Å². The zero-order valence-corrected chi connectivity index (χ0v) is 20.9. The van der Waals surface area contributed by atoms with Gasteiger partial charge in [-0.1, -0.05) is 6.07 Å². The molecule has 35 heavy (non-hydrogen) atoms. The van der Waals surface area contributed by atoms with E-state index in [-0.39, 0.29) is 18.5 Å². The van der Waals surface area contributed by atoms with E-state index >= 15 is 4.39 Å². The van der Waals surface area contributed by atoms with Gasteiger partial charge in [-0.25, -0.2) is 14.4 Å². The van der Waals surface area contributed by atoms with E-state index in [0.717, 1.165) is 67.9 Å². The van der Waals surface area contributed by atoms with Gasteiger partial charge in [0.2, 0.25) is 0 Å². The third-order valence-corrected chi connectivity index (χ3v) is 7.50. The lowest BCUT2D eigenvalue weighted by Crippen LogP contribution is -2.60. The van der Waals surface area contributed by atoms with Crippen molar-refractivity contribution in [2.45, 2.75) is 46.1 Å².